The van der Waals surface area contributed by atoms with Crippen LogP contribution in [0.15, 0.2) is 42.5 Å². The first-order valence-electron chi connectivity index (χ1n) is 6.34. The topological polar surface area (TPSA) is 35.2 Å². The summed E-state index contributed by atoms with van der Waals surface area (Å²) < 4.78 is 5.97. The Labute approximate surface area is 107 Å². The predicted octanol–water partition coefficient (Wildman–Crippen LogP) is 2.92. The standard InChI is InChI=1S/C16H17NO/c1-11-5-2-3-7-14(11)15-8-4-6-12-9-13(10-17)18-16(12)15/h2-8,13H,9-10,17H2,1H3. The molecule has 2 aromatic carbocycles. The Morgan fingerprint density at radius 2 is 1.89 bits per heavy atom. The van der Waals surface area contributed by atoms with Gasteiger partial charge in [0.2, 0.25) is 0 Å². The third kappa shape index (κ3) is 1.79. The van der Waals surface area contributed by atoms with Crippen molar-refractivity contribution in [3.8, 4) is 16.9 Å². The average Bonchev–Trinajstić information content (AvgIpc) is 2.82. The minimum absolute atomic E-state index is 0.130. The fourth-order valence-corrected chi connectivity index (χ4v) is 2.56. The van der Waals surface area contributed by atoms with Crippen molar-refractivity contribution in [3.05, 3.63) is 53.6 Å². The van der Waals surface area contributed by atoms with Gasteiger partial charge in [0, 0.05) is 18.5 Å². The molecule has 0 fully saturated rings. The maximum atomic E-state index is 5.97. The van der Waals surface area contributed by atoms with Crippen molar-refractivity contribution in [2.45, 2.75) is 19.4 Å². The van der Waals surface area contributed by atoms with Gasteiger partial charge in [-0.1, -0.05) is 42.5 Å². The molecule has 0 saturated carbocycles. The van der Waals surface area contributed by atoms with Crippen molar-refractivity contribution in [2.75, 3.05) is 6.54 Å². The number of ether oxygens (including phenoxy) is 1. The molecule has 3 rings (SSSR count). The number of hydrogen-bond donors (Lipinski definition) is 1. The highest BCUT2D eigenvalue weighted by Gasteiger charge is 2.24. The van der Waals surface area contributed by atoms with E-state index in [9.17, 15) is 0 Å². The van der Waals surface area contributed by atoms with Crippen molar-refractivity contribution >= 4 is 0 Å². The molecule has 0 bridgehead atoms. The van der Waals surface area contributed by atoms with Crippen LogP contribution >= 0.6 is 0 Å². The van der Waals surface area contributed by atoms with Crippen molar-refractivity contribution in [1.29, 1.82) is 0 Å². The molecule has 0 spiro atoms. The molecule has 0 amide bonds. The maximum absolute atomic E-state index is 5.97. The summed E-state index contributed by atoms with van der Waals surface area (Å²) in [5, 5.41) is 0. The second-order valence-corrected chi connectivity index (χ2v) is 4.79. The van der Waals surface area contributed by atoms with Crippen LogP contribution in [0.4, 0.5) is 0 Å². The van der Waals surface area contributed by atoms with E-state index < -0.39 is 0 Å². The van der Waals surface area contributed by atoms with Gasteiger partial charge >= 0.3 is 0 Å². The Morgan fingerprint density at radius 3 is 2.67 bits per heavy atom. The molecule has 0 aliphatic carbocycles. The molecule has 92 valence electrons. The lowest BCUT2D eigenvalue weighted by Crippen LogP contribution is -2.24. The summed E-state index contributed by atoms with van der Waals surface area (Å²) >= 11 is 0. The molecule has 1 unspecified atom stereocenters. The summed E-state index contributed by atoms with van der Waals surface area (Å²) in [5.74, 6) is 1.02. The van der Waals surface area contributed by atoms with Gasteiger partial charge in [0.05, 0.1) is 0 Å². The molecule has 1 aliphatic heterocycles. The van der Waals surface area contributed by atoms with Crippen molar-refractivity contribution < 1.29 is 4.74 Å². The first-order chi connectivity index (χ1) is 8.79. The van der Waals surface area contributed by atoms with E-state index in [-0.39, 0.29) is 6.10 Å². The van der Waals surface area contributed by atoms with Gasteiger partial charge in [0.25, 0.3) is 0 Å². The number of fused-ring (bicyclic) bond motifs is 1. The van der Waals surface area contributed by atoms with Gasteiger partial charge in [-0.3, -0.25) is 0 Å². The third-order valence-corrected chi connectivity index (χ3v) is 3.53. The Balaban J connectivity index is 2.11. The zero-order valence-electron chi connectivity index (χ0n) is 10.5. The lowest BCUT2D eigenvalue weighted by molar-refractivity contribution is 0.242. The lowest BCUT2D eigenvalue weighted by Gasteiger charge is -2.12. The van der Waals surface area contributed by atoms with Crippen LogP contribution in [-0.4, -0.2) is 12.6 Å². The monoisotopic (exact) mass is 239 g/mol. The number of nitrogens with two attached hydrogens (primary N) is 1. The minimum atomic E-state index is 0.130. The summed E-state index contributed by atoms with van der Waals surface area (Å²) in [6.45, 7) is 2.70. The normalized spacial score (nSPS) is 17.3. The zero-order chi connectivity index (χ0) is 12.5. The lowest BCUT2D eigenvalue weighted by atomic mass is 9.97. The Hall–Kier alpha value is -1.80. The summed E-state index contributed by atoms with van der Waals surface area (Å²) in [4.78, 5) is 0. The van der Waals surface area contributed by atoms with Crippen LogP contribution in [0.3, 0.4) is 0 Å². The molecular weight excluding hydrogens is 222 g/mol. The highest BCUT2D eigenvalue weighted by molar-refractivity contribution is 5.75. The number of aryl methyl sites for hydroxylation is 1. The maximum Gasteiger partial charge on any atom is 0.130 e. The quantitative estimate of drug-likeness (QED) is 0.874. The van der Waals surface area contributed by atoms with Crippen LogP contribution in [0.1, 0.15) is 11.1 Å². The molecule has 2 nitrogen and oxygen atoms in total. The van der Waals surface area contributed by atoms with E-state index in [0.717, 1.165) is 12.2 Å². The molecule has 2 aromatic rings. The van der Waals surface area contributed by atoms with Gasteiger partial charge in [-0.15, -0.1) is 0 Å². The number of benzene rings is 2. The molecule has 2 N–H and O–H groups in total. The van der Waals surface area contributed by atoms with Crippen LogP contribution in [0.25, 0.3) is 11.1 Å². The van der Waals surface area contributed by atoms with E-state index in [1.54, 1.807) is 0 Å². The van der Waals surface area contributed by atoms with Crippen molar-refractivity contribution in [3.63, 3.8) is 0 Å². The second-order valence-electron chi connectivity index (χ2n) is 4.79. The summed E-state index contributed by atoms with van der Waals surface area (Å²) in [6.07, 6.45) is 1.05. The molecule has 1 heterocycles. The molecule has 0 aromatic heterocycles. The summed E-state index contributed by atoms with van der Waals surface area (Å²) in [7, 11) is 0. The molecular formula is C16H17NO. The van der Waals surface area contributed by atoms with E-state index >= 15 is 0 Å². The number of para-hydroxylation sites is 1. The highest BCUT2D eigenvalue weighted by atomic mass is 16.5. The third-order valence-electron chi connectivity index (χ3n) is 3.53. The number of hydrogen-bond acceptors (Lipinski definition) is 2. The summed E-state index contributed by atoms with van der Waals surface area (Å²) in [6, 6.07) is 14.8. The second kappa shape index (κ2) is 4.46. The van der Waals surface area contributed by atoms with Crippen LogP contribution in [0.2, 0.25) is 0 Å². The fourth-order valence-electron chi connectivity index (χ4n) is 2.56. The minimum Gasteiger partial charge on any atom is -0.488 e. The molecule has 1 aliphatic rings. The van der Waals surface area contributed by atoms with Gasteiger partial charge in [0.15, 0.2) is 0 Å². The van der Waals surface area contributed by atoms with E-state index in [4.69, 9.17) is 10.5 Å². The van der Waals surface area contributed by atoms with Crippen LogP contribution in [0, 0.1) is 6.92 Å². The van der Waals surface area contributed by atoms with Crippen LogP contribution in [0.5, 0.6) is 5.75 Å². The van der Waals surface area contributed by atoms with E-state index in [1.165, 1.54) is 22.3 Å². The molecule has 18 heavy (non-hydrogen) atoms. The first-order valence-corrected chi connectivity index (χ1v) is 6.34. The van der Waals surface area contributed by atoms with Crippen molar-refractivity contribution in [2.24, 2.45) is 5.73 Å². The predicted molar refractivity (Wildman–Crippen MR) is 73.8 cm³/mol. The molecule has 1 atom stereocenters. The Kier molecular flexibility index (Phi) is 2.80. The highest BCUT2D eigenvalue weighted by Crippen LogP contribution is 2.39. The van der Waals surface area contributed by atoms with Gasteiger partial charge in [-0.05, 0) is 23.6 Å². The van der Waals surface area contributed by atoms with Gasteiger partial charge in [0.1, 0.15) is 11.9 Å². The smallest absolute Gasteiger partial charge is 0.130 e. The largest absolute Gasteiger partial charge is 0.488 e. The van der Waals surface area contributed by atoms with E-state index in [0.29, 0.717) is 6.54 Å². The van der Waals surface area contributed by atoms with E-state index in [1.807, 2.05) is 0 Å². The Morgan fingerprint density at radius 1 is 1.11 bits per heavy atom. The zero-order valence-corrected chi connectivity index (χ0v) is 10.5. The van der Waals surface area contributed by atoms with Gasteiger partial charge < -0.3 is 10.5 Å². The fraction of sp³-hybridized carbons (Fsp3) is 0.250. The van der Waals surface area contributed by atoms with Crippen LogP contribution in [-0.2, 0) is 6.42 Å². The SMILES string of the molecule is Cc1ccccc1-c1cccc2c1OC(CN)C2. The van der Waals surface area contributed by atoms with Crippen molar-refractivity contribution in [1.82, 2.24) is 0 Å². The van der Waals surface area contributed by atoms with Crippen LogP contribution < -0.4 is 10.5 Å². The molecule has 2 heteroatoms. The number of rotatable bonds is 2. The average molecular weight is 239 g/mol. The molecule has 0 saturated heterocycles. The summed E-state index contributed by atoms with van der Waals surface area (Å²) in [5.41, 5.74) is 10.7. The van der Waals surface area contributed by atoms with Gasteiger partial charge in [-0.2, -0.15) is 0 Å². The Bertz CT molecular complexity index is 577. The molecule has 0 radical (unpaired) electrons. The van der Waals surface area contributed by atoms with Gasteiger partial charge in [-0.25, -0.2) is 0 Å². The first kappa shape index (κ1) is 11.3. The van der Waals surface area contributed by atoms with E-state index in [2.05, 4.69) is 49.4 Å².